The second-order valence-electron chi connectivity index (χ2n) is 4.95. The predicted octanol–water partition coefficient (Wildman–Crippen LogP) is 2.25. The van der Waals surface area contributed by atoms with Crippen molar-refractivity contribution in [3.05, 3.63) is 70.1 Å². The average molecular weight is 374 g/mol. The van der Waals surface area contributed by atoms with Gasteiger partial charge in [0, 0.05) is 4.91 Å². The van der Waals surface area contributed by atoms with Gasteiger partial charge in [0.1, 0.15) is 5.75 Å². The molecule has 1 heterocycles. The van der Waals surface area contributed by atoms with E-state index in [9.17, 15) is 18.0 Å². The van der Waals surface area contributed by atoms with Crippen LogP contribution in [0.2, 0.25) is 0 Å². The first-order valence-electron chi connectivity index (χ1n) is 7.10. The first kappa shape index (κ1) is 17.4. The highest BCUT2D eigenvalue weighted by Gasteiger charge is 2.39. The minimum atomic E-state index is -4.42. The largest absolute Gasteiger partial charge is 0.488 e. The van der Waals surface area contributed by atoms with Gasteiger partial charge in [0.15, 0.2) is 6.73 Å². The molecule has 1 aliphatic rings. The summed E-state index contributed by atoms with van der Waals surface area (Å²) in [6, 6.07) is 10.9. The van der Waals surface area contributed by atoms with Gasteiger partial charge in [-0.3, -0.25) is 9.59 Å². The van der Waals surface area contributed by atoms with Crippen molar-refractivity contribution in [3.8, 4) is 5.75 Å². The van der Waals surface area contributed by atoms with Crippen LogP contribution in [0.1, 0.15) is 20.7 Å². The Labute approximate surface area is 147 Å². The summed E-state index contributed by atoms with van der Waals surface area (Å²) < 4.78 is 34.4. The van der Waals surface area contributed by atoms with Crippen LogP contribution in [-0.2, 0) is 14.4 Å². The zero-order chi connectivity index (χ0) is 18.7. The maximum absolute atomic E-state index is 12.3. The number of ether oxygens (including phenoxy) is 1. The monoisotopic (exact) mass is 374 g/mol. The van der Waals surface area contributed by atoms with Gasteiger partial charge in [-0.15, -0.1) is 9.35 Å². The molecule has 26 heavy (non-hydrogen) atoms. The first-order chi connectivity index (χ1) is 12.4. The molecule has 0 aliphatic carbocycles. The molecule has 0 aromatic heterocycles. The van der Waals surface area contributed by atoms with Crippen molar-refractivity contribution in [2.45, 2.75) is 4.90 Å². The molecule has 2 aromatic rings. The molecule has 0 atom stereocenters. The zero-order valence-electron chi connectivity index (χ0n) is 13.0. The summed E-state index contributed by atoms with van der Waals surface area (Å²) in [6.45, 7) is -0.256. The van der Waals surface area contributed by atoms with Gasteiger partial charge in [-0.25, -0.2) is 0 Å². The van der Waals surface area contributed by atoms with Crippen LogP contribution in [0.25, 0.3) is 10.4 Å². The highest BCUT2D eigenvalue weighted by atomic mass is 32.2. The number of fused-ring (bicyclic) bond motifs is 1. The minimum absolute atomic E-state index is 0.0643. The molecule has 0 bridgehead atoms. The Morgan fingerprint density at radius 2 is 1.58 bits per heavy atom. The molecular weight excluding hydrogens is 364 g/mol. The lowest BCUT2D eigenvalue weighted by molar-refractivity contribution is -0.0103. The Balaban J connectivity index is 1.78. The van der Waals surface area contributed by atoms with Crippen LogP contribution in [0.15, 0.2) is 58.5 Å². The van der Waals surface area contributed by atoms with Crippen LogP contribution < -0.4 is 4.74 Å². The lowest BCUT2D eigenvalue weighted by atomic mass is 10.1. The standard InChI is InChI=1S/C15H10N4O6S/c16-18-17-9-24-10-5-7-11(8-6-10)26(22,23)25-19-14(20)12-3-1-2-4-13(12)15(19)21/h1-8H,9H2. The van der Waals surface area contributed by atoms with Gasteiger partial charge < -0.3 is 4.74 Å². The predicted molar refractivity (Wildman–Crippen MR) is 86.3 cm³/mol. The topological polar surface area (TPSA) is 139 Å². The van der Waals surface area contributed by atoms with Gasteiger partial charge >= 0.3 is 10.1 Å². The van der Waals surface area contributed by atoms with Crippen molar-refractivity contribution in [1.82, 2.24) is 5.06 Å². The lowest BCUT2D eigenvalue weighted by Gasteiger charge is -2.13. The van der Waals surface area contributed by atoms with Gasteiger partial charge in [-0.1, -0.05) is 17.2 Å². The fourth-order valence-electron chi connectivity index (χ4n) is 2.21. The van der Waals surface area contributed by atoms with Crippen molar-refractivity contribution >= 4 is 21.9 Å². The van der Waals surface area contributed by atoms with Crippen LogP contribution in [0.5, 0.6) is 5.75 Å². The number of benzene rings is 2. The number of amides is 2. The van der Waals surface area contributed by atoms with Crippen LogP contribution in [0.3, 0.4) is 0 Å². The second-order valence-corrected chi connectivity index (χ2v) is 6.48. The molecule has 0 N–H and O–H groups in total. The molecule has 0 unspecified atom stereocenters. The summed E-state index contributed by atoms with van der Waals surface area (Å²) in [5.41, 5.74) is 8.29. The van der Waals surface area contributed by atoms with Crippen LogP contribution in [-0.4, -0.2) is 32.0 Å². The van der Waals surface area contributed by atoms with Crippen LogP contribution in [0, 0.1) is 0 Å². The molecule has 132 valence electrons. The number of hydroxylamine groups is 2. The second kappa shape index (κ2) is 6.84. The number of imide groups is 1. The van der Waals surface area contributed by atoms with E-state index in [4.69, 9.17) is 14.6 Å². The number of nitrogens with zero attached hydrogens (tertiary/aromatic N) is 4. The summed E-state index contributed by atoms with van der Waals surface area (Å²) in [4.78, 5) is 26.6. The van der Waals surface area contributed by atoms with E-state index in [1.54, 1.807) is 12.1 Å². The van der Waals surface area contributed by atoms with Gasteiger partial charge in [-0.05, 0) is 41.9 Å². The molecule has 0 spiro atoms. The van der Waals surface area contributed by atoms with Crippen molar-refractivity contribution in [3.63, 3.8) is 0 Å². The fraction of sp³-hybridized carbons (Fsp3) is 0.0667. The van der Waals surface area contributed by atoms with E-state index in [1.807, 2.05) is 0 Å². The molecule has 11 heteroatoms. The number of hydrogen-bond acceptors (Lipinski definition) is 7. The molecule has 1 aliphatic heterocycles. The van der Waals surface area contributed by atoms with E-state index in [1.165, 1.54) is 36.4 Å². The Hall–Kier alpha value is -3.40. The molecule has 2 amide bonds. The summed E-state index contributed by atoms with van der Waals surface area (Å²) in [6.07, 6.45) is 0. The zero-order valence-corrected chi connectivity index (χ0v) is 13.8. The summed E-state index contributed by atoms with van der Waals surface area (Å²) in [7, 11) is -4.42. The van der Waals surface area contributed by atoms with E-state index in [0.29, 0.717) is 0 Å². The molecule has 0 saturated carbocycles. The third-order valence-corrected chi connectivity index (χ3v) is 4.59. The molecule has 0 saturated heterocycles. The molecule has 10 nitrogen and oxygen atoms in total. The van der Waals surface area contributed by atoms with Gasteiger partial charge in [-0.2, -0.15) is 8.42 Å². The number of hydrogen-bond donors (Lipinski definition) is 0. The highest BCUT2D eigenvalue weighted by molar-refractivity contribution is 7.86. The third-order valence-electron chi connectivity index (χ3n) is 3.39. The molecular formula is C15H10N4O6S. The van der Waals surface area contributed by atoms with E-state index in [-0.39, 0.29) is 33.6 Å². The minimum Gasteiger partial charge on any atom is -0.488 e. The van der Waals surface area contributed by atoms with Crippen molar-refractivity contribution in [2.75, 3.05) is 6.73 Å². The Bertz CT molecular complexity index is 993. The SMILES string of the molecule is [N-]=[N+]=NCOc1ccc(S(=O)(=O)ON2C(=O)c3ccccc3C2=O)cc1. The average Bonchev–Trinajstić information content (AvgIpc) is 2.87. The molecule has 3 rings (SSSR count). The van der Waals surface area contributed by atoms with E-state index in [2.05, 4.69) is 10.0 Å². The maximum atomic E-state index is 12.3. The molecule has 2 aromatic carbocycles. The van der Waals surface area contributed by atoms with E-state index < -0.39 is 21.9 Å². The Morgan fingerprint density at radius 3 is 2.12 bits per heavy atom. The summed E-state index contributed by atoms with van der Waals surface area (Å²) in [5, 5.41) is 3.39. The third kappa shape index (κ3) is 3.22. The molecule has 0 fully saturated rings. The normalized spacial score (nSPS) is 13.3. The van der Waals surface area contributed by atoms with Gasteiger partial charge in [0.25, 0.3) is 11.8 Å². The van der Waals surface area contributed by atoms with E-state index in [0.717, 1.165) is 0 Å². The van der Waals surface area contributed by atoms with Crippen LogP contribution in [0.4, 0.5) is 0 Å². The van der Waals surface area contributed by atoms with Gasteiger partial charge in [0.2, 0.25) is 0 Å². The number of rotatable bonds is 6. The number of carbonyl (C=O) groups excluding carboxylic acids is 2. The smallest absolute Gasteiger partial charge is 0.318 e. The van der Waals surface area contributed by atoms with Crippen molar-refractivity contribution in [2.24, 2.45) is 5.11 Å². The summed E-state index contributed by atoms with van der Waals surface area (Å²) in [5.74, 6) is -1.45. The number of carbonyl (C=O) groups is 2. The lowest BCUT2D eigenvalue weighted by Crippen LogP contribution is -2.32. The summed E-state index contributed by atoms with van der Waals surface area (Å²) >= 11 is 0. The van der Waals surface area contributed by atoms with Crippen LogP contribution >= 0.6 is 0 Å². The Kier molecular flexibility index (Phi) is 4.59. The maximum Gasteiger partial charge on any atom is 0.318 e. The molecule has 0 radical (unpaired) electrons. The number of azide groups is 1. The van der Waals surface area contributed by atoms with Gasteiger partial charge in [0.05, 0.1) is 16.0 Å². The fourth-order valence-corrected chi connectivity index (χ4v) is 3.09. The van der Waals surface area contributed by atoms with Crippen molar-refractivity contribution < 1.29 is 27.0 Å². The first-order valence-corrected chi connectivity index (χ1v) is 8.51. The highest BCUT2D eigenvalue weighted by Crippen LogP contribution is 2.26. The quantitative estimate of drug-likeness (QED) is 0.329. The Morgan fingerprint density at radius 1 is 1.00 bits per heavy atom. The van der Waals surface area contributed by atoms with E-state index >= 15 is 0 Å². The van der Waals surface area contributed by atoms with Crippen molar-refractivity contribution in [1.29, 1.82) is 0 Å².